The lowest BCUT2D eigenvalue weighted by Crippen LogP contribution is -2.40. The Hall–Kier alpha value is -1.14. The highest BCUT2D eigenvalue weighted by atomic mass is 16.5. The molecule has 0 aromatic carbocycles. The predicted molar refractivity (Wildman–Crippen MR) is 82.3 cm³/mol. The molecule has 6 nitrogen and oxygen atoms in total. The minimum atomic E-state index is -0.511. The van der Waals surface area contributed by atoms with Crippen molar-refractivity contribution in [3.63, 3.8) is 0 Å². The molecule has 3 atom stereocenters. The predicted octanol–water partition coefficient (Wildman–Crippen LogP) is 0.824. The Morgan fingerprint density at radius 3 is 2.86 bits per heavy atom. The van der Waals surface area contributed by atoms with Crippen LogP contribution in [-0.4, -0.2) is 59.8 Å². The van der Waals surface area contributed by atoms with Crippen molar-refractivity contribution >= 4 is 11.9 Å². The Kier molecular flexibility index (Phi) is 6.64. The van der Waals surface area contributed by atoms with Gasteiger partial charge in [0.2, 0.25) is 5.91 Å². The fraction of sp³-hybridized carbons (Fsp3) is 0.875. The number of β-amino-alcohol motifs (C(OH)–C–C–N with tert-alkyl or cyclic N) is 1. The Bertz CT molecular complexity index is 382. The number of ether oxygens (including phenoxy) is 1. The average Bonchev–Trinajstić information content (AvgIpc) is 3.14. The van der Waals surface area contributed by atoms with Crippen LogP contribution in [0.5, 0.6) is 0 Å². The van der Waals surface area contributed by atoms with E-state index in [1.54, 1.807) is 4.90 Å². The summed E-state index contributed by atoms with van der Waals surface area (Å²) < 4.78 is 5.36. The summed E-state index contributed by atoms with van der Waals surface area (Å²) in [5, 5.41) is 12.9. The van der Waals surface area contributed by atoms with E-state index in [0.717, 1.165) is 38.6 Å². The van der Waals surface area contributed by atoms with Crippen LogP contribution in [-0.2, 0) is 14.3 Å². The highest BCUT2D eigenvalue weighted by Gasteiger charge is 2.35. The van der Waals surface area contributed by atoms with Crippen molar-refractivity contribution in [2.24, 2.45) is 0 Å². The van der Waals surface area contributed by atoms with Gasteiger partial charge in [-0.25, -0.2) is 0 Å². The summed E-state index contributed by atoms with van der Waals surface area (Å²) in [6.07, 6.45) is 5.28. The van der Waals surface area contributed by atoms with Crippen LogP contribution in [0.3, 0.4) is 0 Å². The first-order chi connectivity index (χ1) is 10.6. The van der Waals surface area contributed by atoms with Gasteiger partial charge in [0.1, 0.15) is 12.6 Å². The highest BCUT2D eigenvalue weighted by molar-refractivity contribution is 5.77. The Morgan fingerprint density at radius 2 is 2.18 bits per heavy atom. The normalized spacial score (nSPS) is 28.1. The van der Waals surface area contributed by atoms with Crippen LogP contribution in [0.2, 0.25) is 0 Å². The minimum Gasteiger partial charge on any atom is -0.462 e. The van der Waals surface area contributed by atoms with Crippen molar-refractivity contribution in [1.82, 2.24) is 10.2 Å². The largest absolute Gasteiger partial charge is 0.462 e. The lowest BCUT2D eigenvalue weighted by molar-refractivity contribution is -0.149. The molecular formula is C16H28N2O4. The van der Waals surface area contributed by atoms with Crippen LogP contribution >= 0.6 is 0 Å². The standard InChI is InChI=1S/C16H28N2O4/c1-2-3-4-7-15(20)18-10-13(19)9-12(18)11-22-16(21)14-6-5-8-17-14/h12-14,17,19H,2-11H2,1H3/t12-,13+,14-/m0/s1. The third-order valence-corrected chi connectivity index (χ3v) is 4.47. The number of carbonyl (C=O) groups is 2. The second-order valence-electron chi connectivity index (χ2n) is 6.33. The molecule has 0 saturated carbocycles. The highest BCUT2D eigenvalue weighted by Crippen LogP contribution is 2.20. The van der Waals surface area contributed by atoms with Crippen LogP contribution in [0.1, 0.15) is 51.9 Å². The third-order valence-electron chi connectivity index (χ3n) is 4.47. The number of aliphatic hydroxyl groups excluding tert-OH is 1. The Labute approximate surface area is 132 Å². The Balaban J connectivity index is 1.79. The van der Waals surface area contributed by atoms with Gasteiger partial charge < -0.3 is 20.1 Å². The van der Waals surface area contributed by atoms with E-state index in [-0.39, 0.29) is 30.6 Å². The second-order valence-corrected chi connectivity index (χ2v) is 6.33. The molecule has 126 valence electrons. The lowest BCUT2D eigenvalue weighted by atomic mass is 10.1. The van der Waals surface area contributed by atoms with Gasteiger partial charge in [0, 0.05) is 13.0 Å². The number of likely N-dealkylation sites (tertiary alicyclic amines) is 1. The number of hydrogen-bond donors (Lipinski definition) is 2. The molecule has 2 heterocycles. The molecule has 0 radical (unpaired) electrons. The van der Waals surface area contributed by atoms with E-state index < -0.39 is 6.10 Å². The zero-order valence-electron chi connectivity index (χ0n) is 13.4. The lowest BCUT2D eigenvalue weighted by Gasteiger charge is -2.24. The third kappa shape index (κ3) is 4.68. The van der Waals surface area contributed by atoms with Crippen molar-refractivity contribution < 1.29 is 19.4 Å². The van der Waals surface area contributed by atoms with Gasteiger partial charge in [0.05, 0.1) is 12.1 Å². The van der Waals surface area contributed by atoms with Gasteiger partial charge in [-0.2, -0.15) is 0 Å². The number of unbranched alkanes of at least 4 members (excludes halogenated alkanes) is 2. The molecule has 0 bridgehead atoms. The molecule has 0 aromatic rings. The second kappa shape index (κ2) is 8.48. The number of carbonyl (C=O) groups excluding carboxylic acids is 2. The van der Waals surface area contributed by atoms with E-state index in [1.807, 2.05) is 0 Å². The van der Waals surface area contributed by atoms with Crippen LogP contribution < -0.4 is 5.32 Å². The van der Waals surface area contributed by atoms with Crippen molar-refractivity contribution in [2.75, 3.05) is 19.7 Å². The molecule has 0 spiro atoms. The smallest absolute Gasteiger partial charge is 0.323 e. The van der Waals surface area contributed by atoms with Gasteiger partial charge in [-0.05, 0) is 32.2 Å². The van der Waals surface area contributed by atoms with Gasteiger partial charge in [-0.15, -0.1) is 0 Å². The molecule has 0 aromatic heterocycles. The molecule has 2 aliphatic rings. The molecule has 1 amide bonds. The van der Waals surface area contributed by atoms with E-state index in [4.69, 9.17) is 4.74 Å². The molecule has 22 heavy (non-hydrogen) atoms. The molecule has 0 unspecified atom stereocenters. The zero-order valence-corrected chi connectivity index (χ0v) is 13.4. The summed E-state index contributed by atoms with van der Waals surface area (Å²) in [6.45, 7) is 3.50. The van der Waals surface area contributed by atoms with Crippen LogP contribution in [0.25, 0.3) is 0 Å². The summed E-state index contributed by atoms with van der Waals surface area (Å²) in [6, 6.07) is -0.394. The van der Waals surface area contributed by atoms with E-state index in [9.17, 15) is 14.7 Å². The topological polar surface area (TPSA) is 78.9 Å². The van der Waals surface area contributed by atoms with Gasteiger partial charge in [-0.3, -0.25) is 9.59 Å². The molecule has 0 aliphatic carbocycles. The van der Waals surface area contributed by atoms with Crippen molar-refractivity contribution in [2.45, 2.75) is 70.1 Å². The maximum Gasteiger partial charge on any atom is 0.323 e. The first kappa shape index (κ1) is 17.2. The van der Waals surface area contributed by atoms with Gasteiger partial charge in [0.15, 0.2) is 0 Å². The molecule has 6 heteroatoms. The minimum absolute atomic E-state index is 0.0602. The fourth-order valence-corrected chi connectivity index (χ4v) is 3.19. The number of amides is 1. The summed E-state index contributed by atoms with van der Waals surface area (Å²) >= 11 is 0. The number of nitrogens with zero attached hydrogens (tertiary/aromatic N) is 1. The van der Waals surface area contributed by atoms with Crippen molar-refractivity contribution in [3.05, 3.63) is 0 Å². The summed E-state index contributed by atoms with van der Waals surface area (Å²) in [5.41, 5.74) is 0. The maximum absolute atomic E-state index is 12.2. The van der Waals surface area contributed by atoms with E-state index in [0.29, 0.717) is 19.4 Å². The van der Waals surface area contributed by atoms with E-state index in [1.165, 1.54) is 0 Å². The van der Waals surface area contributed by atoms with Gasteiger partial charge in [0.25, 0.3) is 0 Å². The van der Waals surface area contributed by atoms with Crippen LogP contribution in [0.15, 0.2) is 0 Å². The maximum atomic E-state index is 12.2. The zero-order chi connectivity index (χ0) is 15.9. The molecule has 2 saturated heterocycles. The molecule has 2 N–H and O–H groups in total. The number of rotatable bonds is 7. The van der Waals surface area contributed by atoms with Gasteiger partial charge >= 0.3 is 5.97 Å². The first-order valence-electron chi connectivity index (χ1n) is 8.49. The summed E-state index contributed by atoms with van der Waals surface area (Å²) in [5.74, 6) is -0.178. The fourth-order valence-electron chi connectivity index (χ4n) is 3.19. The van der Waals surface area contributed by atoms with E-state index in [2.05, 4.69) is 12.2 Å². The molecule has 2 fully saturated rings. The van der Waals surface area contributed by atoms with Crippen LogP contribution in [0, 0.1) is 0 Å². The SMILES string of the molecule is CCCCCC(=O)N1C[C@H](O)C[C@H]1COC(=O)[C@@H]1CCCN1. The Morgan fingerprint density at radius 1 is 1.36 bits per heavy atom. The monoisotopic (exact) mass is 312 g/mol. The van der Waals surface area contributed by atoms with E-state index >= 15 is 0 Å². The van der Waals surface area contributed by atoms with Crippen LogP contribution in [0.4, 0.5) is 0 Å². The number of nitrogens with one attached hydrogen (secondary N) is 1. The quantitative estimate of drug-likeness (QED) is 0.537. The summed E-state index contributed by atoms with van der Waals surface area (Å²) in [7, 11) is 0. The average molecular weight is 312 g/mol. The number of esters is 1. The molecular weight excluding hydrogens is 284 g/mol. The van der Waals surface area contributed by atoms with Gasteiger partial charge in [-0.1, -0.05) is 19.8 Å². The number of aliphatic hydroxyl groups is 1. The summed E-state index contributed by atoms with van der Waals surface area (Å²) in [4.78, 5) is 25.8. The van der Waals surface area contributed by atoms with Crippen molar-refractivity contribution in [3.8, 4) is 0 Å². The van der Waals surface area contributed by atoms with Crippen molar-refractivity contribution in [1.29, 1.82) is 0 Å². The molecule has 2 rings (SSSR count). The first-order valence-corrected chi connectivity index (χ1v) is 8.49. The molecule has 2 aliphatic heterocycles. The number of hydrogen-bond acceptors (Lipinski definition) is 5.